The standard InChI is InChI=1S/C20H23FN2O2/c1-15(16-5-7-17(21)8-6-16)14-20(24)23-12-9-18(10-13-23)25-19-4-2-3-11-22-19/h2-8,11,15,18H,9-10,12-14H2,1H3/t15-/m0/s1. The second kappa shape index (κ2) is 8.10. The summed E-state index contributed by atoms with van der Waals surface area (Å²) in [5, 5.41) is 0. The quantitative estimate of drug-likeness (QED) is 0.830. The molecule has 25 heavy (non-hydrogen) atoms. The van der Waals surface area contributed by atoms with Crippen molar-refractivity contribution in [1.29, 1.82) is 0 Å². The van der Waals surface area contributed by atoms with Gasteiger partial charge in [-0.15, -0.1) is 0 Å². The van der Waals surface area contributed by atoms with Crippen molar-refractivity contribution in [3.8, 4) is 5.88 Å². The molecule has 0 radical (unpaired) electrons. The van der Waals surface area contributed by atoms with E-state index in [9.17, 15) is 9.18 Å². The Morgan fingerprint density at radius 1 is 1.24 bits per heavy atom. The summed E-state index contributed by atoms with van der Waals surface area (Å²) in [4.78, 5) is 18.6. The molecular weight excluding hydrogens is 319 g/mol. The normalized spacial score (nSPS) is 16.5. The fraction of sp³-hybridized carbons (Fsp3) is 0.400. The molecule has 0 spiro atoms. The third kappa shape index (κ3) is 4.78. The fourth-order valence-corrected chi connectivity index (χ4v) is 3.11. The summed E-state index contributed by atoms with van der Waals surface area (Å²) in [5.74, 6) is 0.609. The SMILES string of the molecule is C[C@@H](CC(=O)N1CCC(Oc2ccccn2)CC1)c1ccc(F)cc1. The number of halogens is 1. The van der Waals surface area contributed by atoms with Gasteiger partial charge in [-0.25, -0.2) is 9.37 Å². The molecule has 1 aliphatic heterocycles. The zero-order valence-electron chi connectivity index (χ0n) is 14.4. The van der Waals surface area contributed by atoms with Gasteiger partial charge in [0.05, 0.1) is 0 Å². The number of carbonyl (C=O) groups is 1. The zero-order valence-corrected chi connectivity index (χ0v) is 14.4. The lowest BCUT2D eigenvalue weighted by Gasteiger charge is -2.32. The lowest BCUT2D eigenvalue weighted by Crippen LogP contribution is -2.42. The second-order valence-corrected chi connectivity index (χ2v) is 6.52. The monoisotopic (exact) mass is 342 g/mol. The third-order valence-electron chi connectivity index (χ3n) is 4.64. The van der Waals surface area contributed by atoms with Crippen molar-refractivity contribution < 1.29 is 13.9 Å². The minimum atomic E-state index is -0.253. The number of benzene rings is 1. The van der Waals surface area contributed by atoms with Crippen molar-refractivity contribution in [1.82, 2.24) is 9.88 Å². The van der Waals surface area contributed by atoms with E-state index in [1.54, 1.807) is 18.3 Å². The Kier molecular flexibility index (Phi) is 5.64. The molecule has 0 aliphatic carbocycles. The van der Waals surface area contributed by atoms with Crippen molar-refractivity contribution in [2.45, 2.75) is 38.2 Å². The first-order chi connectivity index (χ1) is 12.1. The molecule has 4 nitrogen and oxygen atoms in total. The molecular formula is C20H23FN2O2. The van der Waals surface area contributed by atoms with Gasteiger partial charge < -0.3 is 9.64 Å². The Hall–Kier alpha value is -2.43. The number of hydrogen-bond donors (Lipinski definition) is 0. The highest BCUT2D eigenvalue weighted by Gasteiger charge is 2.25. The number of likely N-dealkylation sites (tertiary alicyclic amines) is 1. The van der Waals surface area contributed by atoms with Crippen molar-refractivity contribution in [3.63, 3.8) is 0 Å². The first-order valence-electron chi connectivity index (χ1n) is 8.73. The molecule has 1 aliphatic rings. The van der Waals surface area contributed by atoms with Crippen LogP contribution in [-0.2, 0) is 4.79 Å². The van der Waals surface area contributed by atoms with E-state index in [0.717, 1.165) is 18.4 Å². The first-order valence-corrected chi connectivity index (χ1v) is 8.73. The molecule has 1 atom stereocenters. The van der Waals surface area contributed by atoms with E-state index >= 15 is 0 Å². The van der Waals surface area contributed by atoms with Gasteiger partial charge in [0.15, 0.2) is 0 Å². The second-order valence-electron chi connectivity index (χ2n) is 6.52. The maximum absolute atomic E-state index is 13.0. The number of pyridine rings is 1. The average Bonchev–Trinajstić information content (AvgIpc) is 2.63. The molecule has 3 rings (SSSR count). The van der Waals surface area contributed by atoms with E-state index in [0.29, 0.717) is 25.4 Å². The minimum absolute atomic E-state index is 0.0793. The summed E-state index contributed by atoms with van der Waals surface area (Å²) in [7, 11) is 0. The van der Waals surface area contributed by atoms with Gasteiger partial charge >= 0.3 is 0 Å². The first kappa shape index (κ1) is 17.4. The summed E-state index contributed by atoms with van der Waals surface area (Å²) in [5.41, 5.74) is 0.989. The highest BCUT2D eigenvalue weighted by atomic mass is 19.1. The van der Waals surface area contributed by atoms with Gasteiger partial charge in [0, 0.05) is 44.6 Å². The number of amides is 1. The number of ether oxygens (including phenoxy) is 1. The summed E-state index contributed by atoms with van der Waals surface area (Å²) >= 11 is 0. The number of nitrogens with zero attached hydrogens (tertiary/aromatic N) is 2. The molecule has 0 saturated carbocycles. The fourth-order valence-electron chi connectivity index (χ4n) is 3.11. The van der Waals surface area contributed by atoms with Gasteiger partial charge in [0.2, 0.25) is 11.8 Å². The van der Waals surface area contributed by atoms with Crippen molar-refractivity contribution >= 4 is 5.91 Å². The summed E-state index contributed by atoms with van der Waals surface area (Å²) in [6.45, 7) is 3.40. The molecule has 5 heteroatoms. The van der Waals surface area contributed by atoms with Crippen LogP contribution in [0.2, 0.25) is 0 Å². The maximum atomic E-state index is 13.0. The topological polar surface area (TPSA) is 42.4 Å². The lowest BCUT2D eigenvalue weighted by molar-refractivity contribution is -0.133. The molecule has 0 N–H and O–H groups in total. The molecule has 1 aromatic carbocycles. The number of carbonyl (C=O) groups excluding carboxylic acids is 1. The van der Waals surface area contributed by atoms with Gasteiger partial charge in [-0.3, -0.25) is 4.79 Å². The molecule has 1 saturated heterocycles. The van der Waals surface area contributed by atoms with Crippen LogP contribution >= 0.6 is 0 Å². The van der Waals surface area contributed by atoms with Crippen LogP contribution in [0.5, 0.6) is 5.88 Å². The molecule has 1 aromatic heterocycles. The van der Waals surface area contributed by atoms with Gasteiger partial charge in [-0.05, 0) is 29.7 Å². The van der Waals surface area contributed by atoms with Gasteiger partial charge in [-0.2, -0.15) is 0 Å². The largest absolute Gasteiger partial charge is 0.474 e. The Labute approximate surface area is 147 Å². The summed E-state index contributed by atoms with van der Waals surface area (Å²) in [6, 6.07) is 12.0. The van der Waals surface area contributed by atoms with E-state index in [2.05, 4.69) is 4.98 Å². The Balaban J connectivity index is 1.47. The third-order valence-corrected chi connectivity index (χ3v) is 4.64. The van der Waals surface area contributed by atoms with Crippen LogP contribution < -0.4 is 4.74 Å². The summed E-state index contributed by atoms with van der Waals surface area (Å²) in [6.07, 6.45) is 3.89. The molecule has 0 bridgehead atoms. The highest BCUT2D eigenvalue weighted by Crippen LogP contribution is 2.23. The van der Waals surface area contributed by atoms with Gasteiger partial charge in [0.1, 0.15) is 11.9 Å². The number of piperidine rings is 1. The molecule has 2 aromatic rings. The number of hydrogen-bond acceptors (Lipinski definition) is 3. The average molecular weight is 342 g/mol. The number of aromatic nitrogens is 1. The highest BCUT2D eigenvalue weighted by molar-refractivity contribution is 5.77. The lowest BCUT2D eigenvalue weighted by atomic mass is 9.96. The predicted molar refractivity (Wildman–Crippen MR) is 93.9 cm³/mol. The van der Waals surface area contributed by atoms with Crippen LogP contribution in [-0.4, -0.2) is 35.0 Å². The molecule has 1 fully saturated rings. The van der Waals surface area contributed by atoms with E-state index in [1.165, 1.54) is 12.1 Å². The van der Waals surface area contributed by atoms with Crippen LogP contribution in [0.25, 0.3) is 0 Å². The van der Waals surface area contributed by atoms with Crippen LogP contribution in [0.3, 0.4) is 0 Å². The van der Waals surface area contributed by atoms with Crippen LogP contribution in [0, 0.1) is 5.82 Å². The van der Waals surface area contributed by atoms with Crippen molar-refractivity contribution in [2.75, 3.05) is 13.1 Å². The van der Waals surface area contributed by atoms with Gasteiger partial charge in [-0.1, -0.05) is 25.1 Å². The van der Waals surface area contributed by atoms with E-state index in [4.69, 9.17) is 4.74 Å². The van der Waals surface area contributed by atoms with Crippen molar-refractivity contribution in [2.24, 2.45) is 0 Å². The van der Waals surface area contributed by atoms with E-state index < -0.39 is 0 Å². The van der Waals surface area contributed by atoms with Crippen molar-refractivity contribution in [3.05, 3.63) is 60.0 Å². The van der Waals surface area contributed by atoms with E-state index in [-0.39, 0.29) is 23.7 Å². The Morgan fingerprint density at radius 2 is 1.96 bits per heavy atom. The molecule has 0 unspecified atom stereocenters. The van der Waals surface area contributed by atoms with Crippen LogP contribution in [0.15, 0.2) is 48.7 Å². The Morgan fingerprint density at radius 3 is 2.60 bits per heavy atom. The molecule has 1 amide bonds. The van der Waals surface area contributed by atoms with Gasteiger partial charge in [0.25, 0.3) is 0 Å². The minimum Gasteiger partial charge on any atom is -0.474 e. The summed E-state index contributed by atoms with van der Waals surface area (Å²) < 4.78 is 18.9. The van der Waals surface area contributed by atoms with E-state index in [1.807, 2.05) is 30.0 Å². The molecule has 132 valence electrons. The Bertz CT molecular complexity index is 683. The maximum Gasteiger partial charge on any atom is 0.223 e. The zero-order chi connectivity index (χ0) is 17.6. The van der Waals surface area contributed by atoms with Crippen LogP contribution in [0.1, 0.15) is 37.7 Å². The van der Waals surface area contributed by atoms with Crippen LogP contribution in [0.4, 0.5) is 4.39 Å². The smallest absolute Gasteiger partial charge is 0.223 e. The molecule has 2 heterocycles. The predicted octanol–water partition coefficient (Wildman–Crippen LogP) is 3.78. The number of rotatable bonds is 5.